The van der Waals surface area contributed by atoms with Crippen molar-refractivity contribution in [2.75, 3.05) is 19.6 Å². The van der Waals surface area contributed by atoms with E-state index in [2.05, 4.69) is 28.4 Å². The predicted octanol–water partition coefficient (Wildman–Crippen LogP) is 0.604. The van der Waals surface area contributed by atoms with Crippen molar-refractivity contribution in [3.63, 3.8) is 0 Å². The maximum atomic E-state index is 4.20. The highest BCUT2D eigenvalue weighted by Crippen LogP contribution is 2.07. The molecule has 1 fully saturated rings. The molecule has 2 heterocycles. The summed E-state index contributed by atoms with van der Waals surface area (Å²) in [6.07, 6.45) is 5.27. The first-order valence-electron chi connectivity index (χ1n) is 5.71. The van der Waals surface area contributed by atoms with Gasteiger partial charge in [-0.15, -0.1) is 0 Å². The smallest absolute Gasteiger partial charge is 0.0534 e. The molecule has 1 saturated heterocycles. The molecule has 4 nitrogen and oxygen atoms in total. The minimum Gasteiger partial charge on any atom is -0.311 e. The van der Waals surface area contributed by atoms with Crippen LogP contribution in [0.1, 0.15) is 18.9 Å². The highest BCUT2D eigenvalue weighted by molar-refractivity contribution is 5.03. The van der Waals surface area contributed by atoms with Gasteiger partial charge in [0.05, 0.1) is 6.20 Å². The minimum absolute atomic E-state index is 0.662. The van der Waals surface area contributed by atoms with E-state index in [4.69, 9.17) is 0 Å². The van der Waals surface area contributed by atoms with Gasteiger partial charge in [-0.3, -0.25) is 9.58 Å². The van der Waals surface area contributed by atoms with Gasteiger partial charge >= 0.3 is 0 Å². The highest BCUT2D eigenvalue weighted by Gasteiger charge is 2.17. The number of aryl methyl sites for hydroxylation is 1. The zero-order chi connectivity index (χ0) is 10.7. The van der Waals surface area contributed by atoms with Gasteiger partial charge in [0.25, 0.3) is 0 Å². The van der Waals surface area contributed by atoms with E-state index in [0.717, 1.165) is 26.2 Å². The Bertz CT molecular complexity index is 307. The second kappa shape index (κ2) is 4.77. The summed E-state index contributed by atoms with van der Waals surface area (Å²) < 4.78 is 1.87. The molecule has 0 radical (unpaired) electrons. The largest absolute Gasteiger partial charge is 0.311 e. The number of piperazine rings is 1. The van der Waals surface area contributed by atoms with Gasteiger partial charge in [-0.1, -0.05) is 6.92 Å². The molecule has 84 valence electrons. The van der Waals surface area contributed by atoms with Gasteiger partial charge in [0.15, 0.2) is 0 Å². The summed E-state index contributed by atoms with van der Waals surface area (Å²) in [4.78, 5) is 2.50. The van der Waals surface area contributed by atoms with Crippen molar-refractivity contribution < 1.29 is 0 Å². The van der Waals surface area contributed by atoms with Gasteiger partial charge in [-0.05, 0) is 6.42 Å². The van der Waals surface area contributed by atoms with Crippen molar-refractivity contribution in [3.05, 3.63) is 18.0 Å². The van der Waals surface area contributed by atoms with E-state index in [9.17, 15) is 0 Å². The molecule has 2 rings (SSSR count). The Kier molecular flexibility index (Phi) is 3.38. The molecule has 1 unspecified atom stereocenters. The summed E-state index contributed by atoms with van der Waals surface area (Å²) in [6, 6.07) is 0.662. The van der Waals surface area contributed by atoms with Crippen LogP contribution in [0.4, 0.5) is 0 Å². The summed E-state index contributed by atoms with van der Waals surface area (Å²) >= 11 is 0. The zero-order valence-electron chi connectivity index (χ0n) is 9.61. The first-order valence-corrected chi connectivity index (χ1v) is 5.71. The van der Waals surface area contributed by atoms with Gasteiger partial charge in [-0.2, -0.15) is 5.10 Å². The summed E-state index contributed by atoms with van der Waals surface area (Å²) in [5.74, 6) is 0. The van der Waals surface area contributed by atoms with E-state index in [0.29, 0.717) is 6.04 Å². The molecule has 0 aliphatic carbocycles. The first kappa shape index (κ1) is 10.6. The standard InChI is InChI=1S/C11H20N4/c1-3-11-9-15(5-4-12-11)8-10-6-13-14(2)7-10/h6-7,11-12H,3-5,8-9H2,1-2H3. The fourth-order valence-electron chi connectivity index (χ4n) is 2.12. The van der Waals surface area contributed by atoms with Crippen LogP contribution in [-0.2, 0) is 13.6 Å². The van der Waals surface area contributed by atoms with E-state index in [1.54, 1.807) is 0 Å². The Morgan fingerprint density at radius 1 is 1.60 bits per heavy atom. The lowest BCUT2D eigenvalue weighted by atomic mass is 10.1. The maximum Gasteiger partial charge on any atom is 0.0534 e. The summed E-state index contributed by atoms with van der Waals surface area (Å²) in [5.41, 5.74) is 1.31. The van der Waals surface area contributed by atoms with Crippen molar-refractivity contribution >= 4 is 0 Å². The van der Waals surface area contributed by atoms with Crippen LogP contribution in [0, 0.1) is 0 Å². The van der Waals surface area contributed by atoms with Gasteiger partial charge in [0.1, 0.15) is 0 Å². The van der Waals surface area contributed by atoms with Crippen LogP contribution in [0.25, 0.3) is 0 Å². The van der Waals surface area contributed by atoms with Crippen molar-refractivity contribution in [1.29, 1.82) is 0 Å². The van der Waals surface area contributed by atoms with Gasteiger partial charge < -0.3 is 5.32 Å². The Morgan fingerprint density at radius 3 is 3.13 bits per heavy atom. The second-order valence-corrected chi connectivity index (χ2v) is 4.32. The van der Waals surface area contributed by atoms with E-state index >= 15 is 0 Å². The molecule has 0 amide bonds. The molecular weight excluding hydrogens is 188 g/mol. The third-order valence-corrected chi connectivity index (χ3v) is 3.00. The molecule has 0 spiro atoms. The van der Waals surface area contributed by atoms with Gasteiger partial charge in [0, 0.05) is 51.0 Å². The number of rotatable bonds is 3. The molecule has 1 aromatic heterocycles. The van der Waals surface area contributed by atoms with Crippen LogP contribution in [-0.4, -0.2) is 40.4 Å². The van der Waals surface area contributed by atoms with Crippen molar-refractivity contribution in [3.8, 4) is 0 Å². The lowest BCUT2D eigenvalue weighted by Crippen LogP contribution is -2.49. The molecule has 4 heteroatoms. The van der Waals surface area contributed by atoms with Crippen molar-refractivity contribution in [2.24, 2.45) is 7.05 Å². The highest BCUT2D eigenvalue weighted by atomic mass is 15.3. The number of hydrogen-bond acceptors (Lipinski definition) is 3. The topological polar surface area (TPSA) is 33.1 Å². The molecule has 0 saturated carbocycles. The number of nitrogens with one attached hydrogen (secondary N) is 1. The molecular formula is C11H20N4. The van der Waals surface area contributed by atoms with Gasteiger partial charge in [-0.25, -0.2) is 0 Å². The van der Waals surface area contributed by atoms with Crippen LogP contribution < -0.4 is 5.32 Å². The van der Waals surface area contributed by atoms with E-state index in [-0.39, 0.29) is 0 Å². The number of aromatic nitrogens is 2. The monoisotopic (exact) mass is 208 g/mol. The van der Waals surface area contributed by atoms with Crippen LogP contribution >= 0.6 is 0 Å². The van der Waals surface area contributed by atoms with Gasteiger partial charge in [0.2, 0.25) is 0 Å². The Balaban J connectivity index is 1.88. The van der Waals surface area contributed by atoms with Crippen molar-refractivity contribution in [2.45, 2.75) is 25.9 Å². The summed E-state index contributed by atoms with van der Waals surface area (Å²) in [6.45, 7) is 6.69. The Morgan fingerprint density at radius 2 is 2.47 bits per heavy atom. The van der Waals surface area contributed by atoms with Crippen LogP contribution in [0.15, 0.2) is 12.4 Å². The maximum absolute atomic E-state index is 4.20. The quantitative estimate of drug-likeness (QED) is 0.790. The lowest BCUT2D eigenvalue weighted by Gasteiger charge is -2.32. The molecule has 1 aliphatic rings. The number of nitrogens with zero attached hydrogens (tertiary/aromatic N) is 3. The first-order chi connectivity index (χ1) is 7.28. The molecule has 1 aliphatic heterocycles. The average Bonchev–Trinajstić information content (AvgIpc) is 2.64. The molecule has 1 aromatic rings. The second-order valence-electron chi connectivity index (χ2n) is 4.32. The predicted molar refractivity (Wildman–Crippen MR) is 60.6 cm³/mol. The molecule has 1 atom stereocenters. The van der Waals surface area contributed by atoms with Crippen molar-refractivity contribution in [1.82, 2.24) is 20.0 Å². The van der Waals surface area contributed by atoms with E-state index in [1.165, 1.54) is 12.0 Å². The molecule has 0 bridgehead atoms. The summed E-state index contributed by atoms with van der Waals surface area (Å²) in [5, 5.41) is 7.72. The third kappa shape index (κ3) is 2.79. The number of hydrogen-bond donors (Lipinski definition) is 1. The molecule has 1 N–H and O–H groups in total. The minimum atomic E-state index is 0.662. The SMILES string of the molecule is CCC1CN(Cc2cnn(C)c2)CCN1. The normalized spacial score (nSPS) is 23.2. The van der Waals surface area contributed by atoms with Crippen LogP contribution in [0.5, 0.6) is 0 Å². The van der Waals surface area contributed by atoms with E-state index in [1.807, 2.05) is 17.9 Å². The van der Waals surface area contributed by atoms with Crippen LogP contribution in [0.3, 0.4) is 0 Å². The fourth-order valence-corrected chi connectivity index (χ4v) is 2.12. The van der Waals surface area contributed by atoms with Crippen LogP contribution in [0.2, 0.25) is 0 Å². The Labute approximate surface area is 91.3 Å². The average molecular weight is 208 g/mol. The third-order valence-electron chi connectivity index (χ3n) is 3.00. The summed E-state index contributed by atoms with van der Waals surface area (Å²) in [7, 11) is 1.97. The van der Waals surface area contributed by atoms with E-state index < -0.39 is 0 Å². The zero-order valence-corrected chi connectivity index (χ0v) is 9.61. The lowest BCUT2D eigenvalue weighted by molar-refractivity contribution is 0.190. The fraction of sp³-hybridized carbons (Fsp3) is 0.727. The Hall–Kier alpha value is -0.870. The molecule has 15 heavy (non-hydrogen) atoms. The molecule has 0 aromatic carbocycles.